The van der Waals surface area contributed by atoms with E-state index in [4.69, 9.17) is 52.3 Å². The monoisotopic (exact) mass is 1360 g/mol. The van der Waals surface area contributed by atoms with Gasteiger partial charge in [0.2, 0.25) is 0 Å². The first-order valence-corrected chi connectivity index (χ1v) is 37.6. The van der Waals surface area contributed by atoms with Crippen LogP contribution in [0.3, 0.4) is 0 Å². The number of hydrazine groups is 2. The number of nitrogens with two attached hydrogens (primary N) is 4. The molecule has 1 aliphatic heterocycles. The van der Waals surface area contributed by atoms with Crippen LogP contribution >= 0.6 is 0 Å². The number of hydrogen-bond acceptors (Lipinski definition) is 20. The van der Waals surface area contributed by atoms with Crippen LogP contribution in [0.2, 0.25) is 0 Å². The van der Waals surface area contributed by atoms with E-state index in [1.807, 2.05) is 0 Å². The van der Waals surface area contributed by atoms with Gasteiger partial charge in [0.25, 0.3) is 5.56 Å². The Kier molecular flexibility index (Phi) is 54.1. The summed E-state index contributed by atoms with van der Waals surface area (Å²) in [5, 5.41) is 28.3. The van der Waals surface area contributed by atoms with Gasteiger partial charge in [-0.05, 0) is 123 Å². The number of unbranched alkanes of at least 4 members (excludes halogenated alkanes) is 24. The molecule has 23 nitrogen and oxygen atoms in total. The summed E-state index contributed by atoms with van der Waals surface area (Å²) < 4.78 is 27.4. The smallest absolute Gasteiger partial charge is 0.333 e. The van der Waals surface area contributed by atoms with Crippen molar-refractivity contribution in [3.8, 4) is 0 Å². The molecule has 0 radical (unpaired) electrons. The SMILES string of the molecule is CCCCCCCCC(CCCCCC)OC(=O)CN(N)/C=C(\N)CO.CCCCCCCCC(CCCCCC)OC(=O)CN(N)/C=C(\N)CO.CCCCCCCCC(CCCCCC)OC(=O)Cn1cc(Cn2c(=O)ccn(C3CCC(CCCN(C)C)O3)c2=O)nn1. The van der Waals surface area contributed by atoms with Crippen LogP contribution in [0.15, 0.2) is 51.8 Å². The van der Waals surface area contributed by atoms with E-state index in [-0.39, 0.29) is 93.1 Å². The molecule has 0 aromatic carbocycles. The highest BCUT2D eigenvalue weighted by molar-refractivity contribution is 5.72. The largest absolute Gasteiger partial charge is 0.461 e. The van der Waals surface area contributed by atoms with Gasteiger partial charge in [0.05, 0.1) is 43.5 Å². The van der Waals surface area contributed by atoms with Crippen LogP contribution in [0, 0.1) is 0 Å². The van der Waals surface area contributed by atoms with Crippen molar-refractivity contribution in [3.05, 3.63) is 68.8 Å². The molecule has 0 spiro atoms. The van der Waals surface area contributed by atoms with Crippen LogP contribution in [-0.4, -0.2) is 139 Å². The maximum absolute atomic E-state index is 13.3. The van der Waals surface area contributed by atoms with E-state index in [1.165, 1.54) is 182 Å². The minimum atomic E-state index is -0.439. The van der Waals surface area contributed by atoms with Gasteiger partial charge in [0.1, 0.15) is 49.9 Å². The first-order chi connectivity index (χ1) is 46.4. The summed E-state index contributed by atoms with van der Waals surface area (Å²) in [6.45, 7) is 13.4. The van der Waals surface area contributed by atoms with E-state index in [0.717, 1.165) is 130 Å². The quantitative estimate of drug-likeness (QED) is 0.0118. The van der Waals surface area contributed by atoms with Gasteiger partial charge in [-0.2, -0.15) is 0 Å². The summed E-state index contributed by atoms with van der Waals surface area (Å²) in [7, 11) is 4.10. The molecule has 1 aliphatic rings. The first-order valence-electron chi connectivity index (χ1n) is 37.6. The molecule has 0 saturated carbocycles. The fraction of sp³-hybridized carbons (Fsp3) is 0.822. The molecule has 10 N–H and O–H groups in total. The van der Waals surface area contributed by atoms with Crippen LogP contribution in [-0.2, 0) is 46.4 Å². The predicted molar refractivity (Wildman–Crippen MR) is 385 cm³/mol. The third kappa shape index (κ3) is 46.0. The summed E-state index contributed by atoms with van der Waals surface area (Å²) >= 11 is 0. The average Bonchev–Trinajstić information content (AvgIpc) is 1.49. The summed E-state index contributed by atoms with van der Waals surface area (Å²) in [5.74, 6) is 10.4. The molecule has 0 amide bonds. The lowest BCUT2D eigenvalue weighted by molar-refractivity contribution is -0.151. The molecule has 3 heterocycles. The Hall–Kier alpha value is -5.33. The molecule has 5 atom stereocenters. The molecule has 0 aliphatic carbocycles. The molecular formula is C73H138N12O11. The second kappa shape index (κ2) is 58.6. The van der Waals surface area contributed by atoms with E-state index in [1.54, 1.807) is 6.20 Å². The lowest BCUT2D eigenvalue weighted by Crippen LogP contribution is -2.40. The Balaban J connectivity index is 0.000000767. The second-order valence-electron chi connectivity index (χ2n) is 26.7. The van der Waals surface area contributed by atoms with Gasteiger partial charge in [-0.3, -0.25) is 28.3 Å². The predicted octanol–water partition coefficient (Wildman–Crippen LogP) is 12.5. The lowest BCUT2D eigenvalue weighted by Gasteiger charge is -2.20. The van der Waals surface area contributed by atoms with Crippen molar-refractivity contribution in [1.82, 2.24) is 39.0 Å². The van der Waals surface area contributed by atoms with Crippen molar-refractivity contribution in [2.45, 2.75) is 342 Å². The minimum Gasteiger partial charge on any atom is -0.461 e. The standard InChI is InChI=1S/C33H56N6O5.2C20H41N3O3/c1-5-7-9-11-12-14-17-28(16-13-10-8-6-2)44-32(41)26-37-24-27(34-35-37)25-39-30(40)21-23-38(33(39)42)31-20-19-29(43-31)18-15-22-36(3)4;2*1-3-5-7-9-10-12-14-19(13-11-8-6-4-2)26-20(25)16-23(22)15-18(21)17-24/h21,23-24,28-29,31H,5-20,22,25-26H2,1-4H3;2*15,19,24H,3-14,16-17,21-22H2,1-2H3/b;2*18-15-. The Labute approximate surface area is 579 Å². The average molecular weight is 1360 g/mol. The summed E-state index contributed by atoms with van der Waals surface area (Å²) in [6, 6.07) is 1.39. The number of esters is 3. The molecule has 23 heteroatoms. The van der Waals surface area contributed by atoms with E-state index in [9.17, 15) is 24.0 Å². The molecule has 5 unspecified atom stereocenters. The molecular weight excluding hydrogens is 1220 g/mol. The third-order valence-electron chi connectivity index (χ3n) is 17.1. The normalized spacial score (nSPS) is 14.9. The van der Waals surface area contributed by atoms with Crippen LogP contribution in [0.5, 0.6) is 0 Å². The highest BCUT2D eigenvalue weighted by atomic mass is 16.6. The van der Waals surface area contributed by atoms with Crippen LogP contribution in [0.4, 0.5) is 0 Å². The van der Waals surface area contributed by atoms with E-state index in [0.29, 0.717) is 5.69 Å². The van der Waals surface area contributed by atoms with Gasteiger partial charge < -0.3 is 55.5 Å². The van der Waals surface area contributed by atoms with Gasteiger partial charge in [-0.1, -0.05) is 201 Å². The highest BCUT2D eigenvalue weighted by Crippen LogP contribution is 2.29. The van der Waals surface area contributed by atoms with Gasteiger partial charge in [0, 0.05) is 24.7 Å². The van der Waals surface area contributed by atoms with Crippen molar-refractivity contribution in [3.63, 3.8) is 0 Å². The van der Waals surface area contributed by atoms with E-state index >= 15 is 0 Å². The topological polar surface area (TPSA) is 317 Å². The zero-order valence-electron chi connectivity index (χ0n) is 61.5. The van der Waals surface area contributed by atoms with Crippen LogP contribution in [0.25, 0.3) is 0 Å². The van der Waals surface area contributed by atoms with Gasteiger partial charge in [0.15, 0.2) is 0 Å². The molecule has 3 rings (SSSR count). The number of aromatic nitrogens is 5. The van der Waals surface area contributed by atoms with Gasteiger partial charge in [-0.25, -0.2) is 21.2 Å². The molecule has 0 bridgehead atoms. The highest BCUT2D eigenvalue weighted by Gasteiger charge is 2.28. The van der Waals surface area contributed by atoms with Crippen LogP contribution in [0.1, 0.15) is 310 Å². The number of hydrogen-bond donors (Lipinski definition) is 6. The lowest BCUT2D eigenvalue weighted by atomic mass is 10.0. The Morgan fingerprint density at radius 2 is 0.948 bits per heavy atom. The second-order valence-corrected chi connectivity index (χ2v) is 26.7. The van der Waals surface area contributed by atoms with Crippen molar-refractivity contribution in [2.24, 2.45) is 23.2 Å². The van der Waals surface area contributed by atoms with Crippen LogP contribution < -0.4 is 34.4 Å². The fourth-order valence-electron chi connectivity index (χ4n) is 11.6. The number of carbonyl (C=O) groups excluding carboxylic acids is 3. The number of rotatable bonds is 56. The van der Waals surface area contributed by atoms with Gasteiger partial charge >= 0.3 is 23.6 Å². The molecule has 1 saturated heterocycles. The molecule has 96 heavy (non-hydrogen) atoms. The number of nitrogens with zero attached hydrogens (tertiary/aromatic N) is 8. The molecule has 556 valence electrons. The van der Waals surface area contributed by atoms with E-state index in [2.05, 4.69) is 70.8 Å². The summed E-state index contributed by atoms with van der Waals surface area (Å²) in [6.07, 6.45) is 50.4. The van der Waals surface area contributed by atoms with Crippen molar-refractivity contribution in [1.29, 1.82) is 0 Å². The van der Waals surface area contributed by atoms with Crippen molar-refractivity contribution < 1.29 is 43.5 Å². The number of carbonyl (C=O) groups is 3. The maximum atomic E-state index is 13.3. The number of aliphatic hydroxyl groups is 2. The van der Waals surface area contributed by atoms with Gasteiger partial charge in [-0.15, -0.1) is 5.10 Å². The van der Waals surface area contributed by atoms with Crippen molar-refractivity contribution >= 4 is 17.9 Å². The summed E-state index contributed by atoms with van der Waals surface area (Å²) in [4.78, 5) is 65.2. The molecule has 1 fully saturated rings. The van der Waals surface area contributed by atoms with Crippen molar-refractivity contribution in [2.75, 3.05) is 46.9 Å². The van der Waals surface area contributed by atoms with E-state index < -0.39 is 17.5 Å². The fourth-order valence-corrected chi connectivity index (χ4v) is 11.6. The Morgan fingerprint density at radius 1 is 0.573 bits per heavy atom. The first kappa shape index (κ1) is 88.7. The third-order valence-corrected chi connectivity index (χ3v) is 17.1. The molecule has 2 aromatic heterocycles. The Morgan fingerprint density at radius 3 is 1.33 bits per heavy atom. The minimum absolute atomic E-state index is 0.0295. The summed E-state index contributed by atoms with van der Waals surface area (Å²) in [5.41, 5.74) is 11.0. The molecule has 2 aromatic rings. The maximum Gasteiger partial charge on any atom is 0.333 e. The number of aliphatic hydroxyl groups excluding tert-OH is 2. The zero-order valence-corrected chi connectivity index (χ0v) is 61.5. The Bertz CT molecular complexity index is 2370. The number of ether oxygens (including phenoxy) is 4. The zero-order chi connectivity index (χ0) is 71.0.